The van der Waals surface area contributed by atoms with Crippen LogP contribution in [-0.4, -0.2) is 39.5 Å². The van der Waals surface area contributed by atoms with Gasteiger partial charge in [-0.1, -0.05) is 18.2 Å². The number of nitro benzene ring substituents is 1. The standard InChI is InChI=1S/C23H22N4O5S/c1-31-20(28)10-6-14-26-22(21(25-23(26)33)16-8-4-5-13-24-16)19-12-11-18(32-19)15-7-2-3-9-17(15)27(29)30/h2-5,7-9,11-13,21-22H,6,10,14H2,1H3,(H,25,33)/t21-,22-/m1/s1. The lowest BCUT2D eigenvalue weighted by Crippen LogP contribution is -2.30. The molecule has 9 nitrogen and oxygen atoms in total. The average Bonchev–Trinajstić information content (AvgIpc) is 3.44. The van der Waals surface area contributed by atoms with Crippen molar-refractivity contribution in [1.29, 1.82) is 0 Å². The van der Waals surface area contributed by atoms with Crippen LogP contribution in [0.5, 0.6) is 0 Å². The fourth-order valence-electron chi connectivity index (χ4n) is 3.95. The monoisotopic (exact) mass is 466 g/mol. The molecule has 1 fully saturated rings. The second-order valence-electron chi connectivity index (χ2n) is 7.48. The van der Waals surface area contributed by atoms with Crippen molar-refractivity contribution < 1.29 is 18.9 Å². The maximum atomic E-state index is 11.6. The number of furan rings is 1. The maximum absolute atomic E-state index is 11.6. The number of aromatic nitrogens is 1. The van der Waals surface area contributed by atoms with Gasteiger partial charge in [-0.25, -0.2) is 0 Å². The number of nitrogens with zero attached hydrogens (tertiary/aromatic N) is 3. The smallest absolute Gasteiger partial charge is 0.305 e. The number of para-hydroxylation sites is 1. The molecule has 2 aromatic heterocycles. The first-order valence-electron chi connectivity index (χ1n) is 10.4. The largest absolute Gasteiger partial charge is 0.469 e. The Kier molecular flexibility index (Phi) is 6.64. The fraction of sp³-hybridized carbons (Fsp3) is 0.261. The summed E-state index contributed by atoms with van der Waals surface area (Å²) in [5, 5.41) is 15.3. The molecule has 3 aromatic rings. The molecule has 3 heterocycles. The van der Waals surface area contributed by atoms with Gasteiger partial charge >= 0.3 is 5.97 Å². The van der Waals surface area contributed by atoms with Crippen LogP contribution >= 0.6 is 12.2 Å². The number of ether oxygens (including phenoxy) is 1. The van der Waals surface area contributed by atoms with Crippen LogP contribution in [0, 0.1) is 10.1 Å². The van der Waals surface area contributed by atoms with Crippen LogP contribution in [0.1, 0.15) is 36.4 Å². The number of esters is 1. The van der Waals surface area contributed by atoms with E-state index < -0.39 is 4.92 Å². The summed E-state index contributed by atoms with van der Waals surface area (Å²) in [5.41, 5.74) is 1.15. The highest BCUT2D eigenvalue weighted by molar-refractivity contribution is 7.80. The third-order valence-corrected chi connectivity index (χ3v) is 5.84. The molecule has 1 aromatic carbocycles. The van der Waals surface area contributed by atoms with E-state index in [0.29, 0.717) is 35.2 Å². The van der Waals surface area contributed by atoms with Gasteiger partial charge in [-0.2, -0.15) is 0 Å². The van der Waals surface area contributed by atoms with Gasteiger partial charge in [0.05, 0.1) is 29.3 Å². The maximum Gasteiger partial charge on any atom is 0.305 e. The van der Waals surface area contributed by atoms with Crippen molar-refractivity contribution in [2.24, 2.45) is 0 Å². The van der Waals surface area contributed by atoms with Gasteiger partial charge in [0.25, 0.3) is 5.69 Å². The van der Waals surface area contributed by atoms with Crippen LogP contribution in [0.25, 0.3) is 11.3 Å². The number of carbonyl (C=O) groups is 1. The molecule has 1 aliphatic rings. The average molecular weight is 467 g/mol. The van der Waals surface area contributed by atoms with Gasteiger partial charge in [-0.3, -0.25) is 19.9 Å². The Morgan fingerprint density at radius 1 is 1.24 bits per heavy atom. The molecule has 0 unspecified atom stereocenters. The van der Waals surface area contributed by atoms with E-state index in [-0.39, 0.29) is 30.2 Å². The Balaban J connectivity index is 1.68. The number of rotatable bonds is 8. The fourth-order valence-corrected chi connectivity index (χ4v) is 4.28. The van der Waals surface area contributed by atoms with Crippen LogP contribution < -0.4 is 5.32 Å². The lowest BCUT2D eigenvalue weighted by molar-refractivity contribution is -0.384. The molecule has 0 amide bonds. The van der Waals surface area contributed by atoms with Crippen molar-refractivity contribution >= 4 is 29.0 Å². The van der Waals surface area contributed by atoms with Crippen LogP contribution in [0.3, 0.4) is 0 Å². The number of hydrogen-bond acceptors (Lipinski definition) is 7. The number of pyridine rings is 1. The minimum atomic E-state index is -0.431. The van der Waals surface area contributed by atoms with Gasteiger partial charge in [0.1, 0.15) is 17.6 Å². The summed E-state index contributed by atoms with van der Waals surface area (Å²) >= 11 is 5.60. The zero-order valence-electron chi connectivity index (χ0n) is 17.8. The molecule has 170 valence electrons. The first kappa shape index (κ1) is 22.4. The summed E-state index contributed by atoms with van der Waals surface area (Å²) in [4.78, 5) is 29.1. The van der Waals surface area contributed by atoms with Crippen LogP contribution in [0.4, 0.5) is 5.69 Å². The summed E-state index contributed by atoms with van der Waals surface area (Å²) in [5.74, 6) is 0.691. The van der Waals surface area contributed by atoms with Crippen molar-refractivity contribution in [3.8, 4) is 11.3 Å². The van der Waals surface area contributed by atoms with Gasteiger partial charge in [-0.05, 0) is 49.0 Å². The van der Waals surface area contributed by atoms with Crippen molar-refractivity contribution in [1.82, 2.24) is 15.2 Å². The first-order valence-corrected chi connectivity index (χ1v) is 10.8. The van der Waals surface area contributed by atoms with Crippen molar-refractivity contribution in [2.45, 2.75) is 24.9 Å². The number of nitro groups is 1. The molecule has 0 aliphatic carbocycles. The molecule has 1 N–H and O–H groups in total. The Morgan fingerprint density at radius 2 is 2.03 bits per heavy atom. The van der Waals surface area contributed by atoms with Gasteiger partial charge in [0.15, 0.2) is 5.11 Å². The highest BCUT2D eigenvalue weighted by Crippen LogP contribution is 2.41. The number of nitrogens with one attached hydrogen (secondary N) is 1. The second-order valence-corrected chi connectivity index (χ2v) is 7.86. The molecule has 1 saturated heterocycles. The van der Waals surface area contributed by atoms with Crippen LogP contribution in [0.15, 0.2) is 65.2 Å². The molecule has 4 rings (SSSR count). The van der Waals surface area contributed by atoms with Crippen LogP contribution in [-0.2, 0) is 9.53 Å². The molecule has 10 heteroatoms. The molecular formula is C23H22N4O5S. The van der Waals surface area contributed by atoms with E-state index in [0.717, 1.165) is 5.69 Å². The lowest BCUT2D eigenvalue weighted by Gasteiger charge is -2.25. The number of methoxy groups -OCH3 is 1. The zero-order valence-corrected chi connectivity index (χ0v) is 18.7. The van der Waals surface area contributed by atoms with Gasteiger partial charge < -0.3 is 19.4 Å². The zero-order chi connectivity index (χ0) is 23.4. The van der Waals surface area contributed by atoms with Gasteiger partial charge in [0.2, 0.25) is 0 Å². The number of thiocarbonyl (C=S) groups is 1. The predicted octanol–water partition coefficient (Wildman–Crippen LogP) is 4.18. The molecule has 1 aliphatic heterocycles. The Hall–Kier alpha value is -3.79. The van der Waals surface area contributed by atoms with E-state index in [1.165, 1.54) is 13.2 Å². The van der Waals surface area contributed by atoms with Crippen molar-refractivity contribution in [3.63, 3.8) is 0 Å². The molecule has 0 radical (unpaired) electrons. The van der Waals surface area contributed by atoms with Gasteiger partial charge in [-0.15, -0.1) is 0 Å². The van der Waals surface area contributed by atoms with E-state index in [2.05, 4.69) is 10.3 Å². The summed E-state index contributed by atoms with van der Waals surface area (Å²) in [6.45, 7) is 0.496. The summed E-state index contributed by atoms with van der Waals surface area (Å²) in [7, 11) is 1.36. The predicted molar refractivity (Wildman–Crippen MR) is 124 cm³/mol. The third kappa shape index (κ3) is 4.70. The molecule has 0 spiro atoms. The van der Waals surface area contributed by atoms with Crippen LogP contribution in [0.2, 0.25) is 0 Å². The summed E-state index contributed by atoms with van der Waals surface area (Å²) < 4.78 is 10.9. The van der Waals surface area contributed by atoms with Crippen molar-refractivity contribution in [2.75, 3.05) is 13.7 Å². The van der Waals surface area contributed by atoms with E-state index >= 15 is 0 Å². The Labute approximate surface area is 195 Å². The molecular weight excluding hydrogens is 444 g/mol. The molecule has 2 atom stereocenters. The topological polar surface area (TPSA) is 111 Å². The van der Waals surface area contributed by atoms with E-state index in [9.17, 15) is 14.9 Å². The highest BCUT2D eigenvalue weighted by atomic mass is 32.1. The molecule has 0 bridgehead atoms. The Bertz CT molecular complexity index is 1170. The minimum Gasteiger partial charge on any atom is -0.469 e. The minimum absolute atomic E-state index is 0.0327. The molecule has 33 heavy (non-hydrogen) atoms. The normalized spacial score (nSPS) is 17.6. The lowest BCUT2D eigenvalue weighted by atomic mass is 10.0. The number of benzene rings is 1. The summed E-state index contributed by atoms with van der Waals surface area (Å²) in [6, 6.07) is 15.0. The highest BCUT2D eigenvalue weighted by Gasteiger charge is 2.41. The summed E-state index contributed by atoms with van der Waals surface area (Å²) in [6.07, 6.45) is 2.51. The van der Waals surface area contributed by atoms with Gasteiger partial charge in [0, 0.05) is 25.2 Å². The number of carbonyl (C=O) groups excluding carboxylic acids is 1. The van der Waals surface area contributed by atoms with E-state index in [1.54, 1.807) is 36.5 Å². The van der Waals surface area contributed by atoms with Crippen molar-refractivity contribution in [3.05, 3.63) is 82.4 Å². The third-order valence-electron chi connectivity index (χ3n) is 5.49. The quantitative estimate of drug-likeness (QED) is 0.226. The van der Waals surface area contributed by atoms with E-state index in [4.69, 9.17) is 21.4 Å². The Morgan fingerprint density at radius 3 is 2.76 bits per heavy atom. The first-order chi connectivity index (χ1) is 16.0. The SMILES string of the molecule is COC(=O)CCCN1C(=S)N[C@H](c2ccccn2)[C@H]1c1ccc(-c2ccccc2[N+](=O)[O-])o1. The molecule has 0 saturated carbocycles. The second kappa shape index (κ2) is 9.78. The van der Waals surface area contributed by atoms with E-state index in [1.807, 2.05) is 23.1 Å². The number of hydrogen-bond donors (Lipinski definition) is 1.